The van der Waals surface area contributed by atoms with Crippen molar-refractivity contribution in [3.8, 4) is 5.75 Å². The van der Waals surface area contributed by atoms with Gasteiger partial charge in [-0.1, -0.05) is 25.0 Å². The van der Waals surface area contributed by atoms with Gasteiger partial charge in [-0.05, 0) is 43.4 Å². The van der Waals surface area contributed by atoms with Gasteiger partial charge in [0.15, 0.2) is 0 Å². The number of hydrogen-bond acceptors (Lipinski definition) is 5. The van der Waals surface area contributed by atoms with E-state index in [1.807, 2.05) is 24.3 Å². The van der Waals surface area contributed by atoms with Crippen molar-refractivity contribution in [2.45, 2.75) is 57.6 Å². The predicted octanol–water partition coefficient (Wildman–Crippen LogP) is 2.43. The molecule has 1 aliphatic carbocycles. The van der Waals surface area contributed by atoms with E-state index in [1.165, 1.54) is 4.90 Å². The van der Waals surface area contributed by atoms with E-state index in [2.05, 4.69) is 5.32 Å². The molecule has 3 fully saturated rings. The molecule has 30 heavy (non-hydrogen) atoms. The summed E-state index contributed by atoms with van der Waals surface area (Å²) in [5.41, 5.74) is 0.965. The largest absolute Gasteiger partial charge is 0.491 e. The first-order valence-electron chi connectivity index (χ1n) is 11.1. The smallest absolute Gasteiger partial charge is 0.233 e. The minimum absolute atomic E-state index is 0.0870. The maximum Gasteiger partial charge on any atom is 0.233 e. The SMILES string of the molecule is O=C(CCN1C(=O)C2CCCCC2C1=O)NCc1ccc(OCC2CCCO2)cc1. The van der Waals surface area contributed by atoms with Gasteiger partial charge in [-0.15, -0.1) is 0 Å². The highest BCUT2D eigenvalue weighted by Gasteiger charge is 2.47. The molecule has 1 aromatic rings. The van der Waals surface area contributed by atoms with Crippen LogP contribution in [0.15, 0.2) is 24.3 Å². The number of amides is 3. The Bertz CT molecular complexity index is 748. The summed E-state index contributed by atoms with van der Waals surface area (Å²) in [5, 5.41) is 2.86. The van der Waals surface area contributed by atoms with Crippen molar-refractivity contribution in [1.29, 1.82) is 0 Å². The first kappa shape index (κ1) is 20.8. The van der Waals surface area contributed by atoms with E-state index in [0.29, 0.717) is 13.2 Å². The fourth-order valence-corrected chi connectivity index (χ4v) is 4.62. The van der Waals surface area contributed by atoms with E-state index >= 15 is 0 Å². The van der Waals surface area contributed by atoms with Gasteiger partial charge in [0, 0.05) is 26.1 Å². The highest BCUT2D eigenvalue weighted by Crippen LogP contribution is 2.37. The Labute approximate surface area is 177 Å². The first-order chi connectivity index (χ1) is 14.6. The van der Waals surface area contributed by atoms with Crippen LogP contribution < -0.4 is 10.1 Å². The zero-order chi connectivity index (χ0) is 20.9. The number of likely N-dealkylation sites (tertiary alicyclic amines) is 1. The third-order valence-electron chi connectivity index (χ3n) is 6.37. The number of benzene rings is 1. The van der Waals surface area contributed by atoms with E-state index in [0.717, 1.165) is 56.4 Å². The van der Waals surface area contributed by atoms with Crippen LogP contribution in [0, 0.1) is 11.8 Å². The average molecular weight is 415 g/mol. The highest BCUT2D eigenvalue weighted by atomic mass is 16.5. The lowest BCUT2D eigenvalue weighted by atomic mass is 9.81. The highest BCUT2D eigenvalue weighted by molar-refractivity contribution is 6.05. The van der Waals surface area contributed by atoms with E-state index in [4.69, 9.17) is 9.47 Å². The Morgan fingerprint density at radius 1 is 1.03 bits per heavy atom. The molecule has 1 aromatic carbocycles. The Hall–Kier alpha value is -2.41. The molecule has 7 nitrogen and oxygen atoms in total. The molecular weight excluding hydrogens is 384 g/mol. The van der Waals surface area contributed by atoms with Crippen molar-refractivity contribution in [2.75, 3.05) is 19.8 Å². The van der Waals surface area contributed by atoms with Crippen molar-refractivity contribution in [3.05, 3.63) is 29.8 Å². The monoisotopic (exact) mass is 414 g/mol. The molecule has 1 N–H and O–H groups in total. The molecular formula is C23H30N2O5. The number of carbonyl (C=O) groups excluding carboxylic acids is 3. The summed E-state index contributed by atoms with van der Waals surface area (Å²) in [4.78, 5) is 38.5. The maximum absolute atomic E-state index is 12.5. The van der Waals surface area contributed by atoms with Crippen LogP contribution in [0.25, 0.3) is 0 Å². The number of nitrogens with one attached hydrogen (secondary N) is 1. The molecule has 162 valence electrons. The van der Waals surface area contributed by atoms with Gasteiger partial charge in [0.2, 0.25) is 17.7 Å². The molecule has 7 heteroatoms. The number of hydrogen-bond donors (Lipinski definition) is 1. The van der Waals surface area contributed by atoms with Crippen molar-refractivity contribution in [2.24, 2.45) is 11.8 Å². The number of nitrogens with zero attached hydrogens (tertiary/aromatic N) is 1. The number of rotatable bonds is 8. The van der Waals surface area contributed by atoms with E-state index in [9.17, 15) is 14.4 Å². The Kier molecular flexibility index (Phi) is 6.67. The lowest BCUT2D eigenvalue weighted by Crippen LogP contribution is -2.35. The normalized spacial score (nSPS) is 26.0. The van der Waals surface area contributed by atoms with Crippen LogP contribution >= 0.6 is 0 Å². The van der Waals surface area contributed by atoms with Gasteiger partial charge in [0.05, 0.1) is 17.9 Å². The summed E-state index contributed by atoms with van der Waals surface area (Å²) in [7, 11) is 0. The molecule has 2 heterocycles. The molecule has 0 bridgehead atoms. The van der Waals surface area contributed by atoms with E-state index in [1.54, 1.807) is 0 Å². The summed E-state index contributed by atoms with van der Waals surface area (Å²) < 4.78 is 11.3. The zero-order valence-corrected chi connectivity index (χ0v) is 17.3. The van der Waals surface area contributed by atoms with Crippen LogP contribution in [-0.4, -0.2) is 48.5 Å². The van der Waals surface area contributed by atoms with Crippen molar-refractivity contribution in [1.82, 2.24) is 10.2 Å². The third-order valence-corrected chi connectivity index (χ3v) is 6.37. The van der Waals surface area contributed by atoms with Crippen LogP contribution in [0.5, 0.6) is 5.75 Å². The predicted molar refractivity (Wildman–Crippen MR) is 110 cm³/mol. The van der Waals surface area contributed by atoms with Crippen LogP contribution in [0.1, 0.15) is 50.5 Å². The van der Waals surface area contributed by atoms with E-state index < -0.39 is 0 Å². The molecule has 3 atom stereocenters. The minimum atomic E-state index is -0.163. The van der Waals surface area contributed by atoms with Crippen LogP contribution in [-0.2, 0) is 25.7 Å². The second-order valence-electron chi connectivity index (χ2n) is 8.44. The molecule has 2 aliphatic heterocycles. The zero-order valence-electron chi connectivity index (χ0n) is 17.3. The molecule has 3 amide bonds. The van der Waals surface area contributed by atoms with Gasteiger partial charge in [0.1, 0.15) is 12.4 Å². The molecule has 0 aromatic heterocycles. The fourth-order valence-electron chi connectivity index (χ4n) is 4.62. The van der Waals surface area contributed by atoms with Crippen molar-refractivity contribution >= 4 is 17.7 Å². The van der Waals surface area contributed by atoms with Gasteiger partial charge in [-0.2, -0.15) is 0 Å². The number of ether oxygens (including phenoxy) is 2. The third kappa shape index (κ3) is 4.83. The topological polar surface area (TPSA) is 84.9 Å². The summed E-state index contributed by atoms with van der Waals surface area (Å²) in [6, 6.07) is 7.62. The summed E-state index contributed by atoms with van der Waals surface area (Å²) >= 11 is 0. The number of carbonyl (C=O) groups is 3. The first-order valence-corrected chi connectivity index (χ1v) is 11.1. The Morgan fingerprint density at radius 3 is 2.37 bits per heavy atom. The summed E-state index contributed by atoms with van der Waals surface area (Å²) in [6.07, 6.45) is 6.06. The molecule has 3 unspecified atom stereocenters. The van der Waals surface area contributed by atoms with Gasteiger partial charge in [0.25, 0.3) is 0 Å². The van der Waals surface area contributed by atoms with Crippen LogP contribution in [0.2, 0.25) is 0 Å². The molecule has 4 rings (SSSR count). The molecule has 1 saturated carbocycles. The van der Waals surface area contributed by atoms with Gasteiger partial charge in [-0.3, -0.25) is 19.3 Å². The maximum atomic E-state index is 12.5. The second-order valence-corrected chi connectivity index (χ2v) is 8.44. The Balaban J connectivity index is 1.18. The molecule has 2 saturated heterocycles. The molecule has 0 radical (unpaired) electrons. The molecule has 0 spiro atoms. The Morgan fingerprint density at radius 2 is 1.73 bits per heavy atom. The van der Waals surface area contributed by atoms with Gasteiger partial charge < -0.3 is 14.8 Å². The second kappa shape index (κ2) is 9.60. The lowest BCUT2D eigenvalue weighted by molar-refractivity contribution is -0.140. The molecule has 3 aliphatic rings. The van der Waals surface area contributed by atoms with Crippen LogP contribution in [0.4, 0.5) is 0 Å². The fraction of sp³-hybridized carbons (Fsp3) is 0.609. The van der Waals surface area contributed by atoms with Gasteiger partial charge in [-0.25, -0.2) is 0 Å². The average Bonchev–Trinajstić information content (AvgIpc) is 3.38. The van der Waals surface area contributed by atoms with Crippen molar-refractivity contribution in [3.63, 3.8) is 0 Å². The van der Waals surface area contributed by atoms with Crippen molar-refractivity contribution < 1.29 is 23.9 Å². The standard InChI is InChI=1S/C23H30N2O5/c26-21(11-12-25-22(27)19-5-1-2-6-20(19)23(25)28)24-14-16-7-9-17(10-8-16)30-15-18-4-3-13-29-18/h7-10,18-20H,1-6,11-15H2,(H,24,26). The lowest BCUT2D eigenvalue weighted by Gasteiger charge is -2.19. The van der Waals surface area contributed by atoms with Crippen LogP contribution in [0.3, 0.4) is 0 Å². The number of fused-ring (bicyclic) bond motifs is 1. The van der Waals surface area contributed by atoms with Gasteiger partial charge >= 0.3 is 0 Å². The minimum Gasteiger partial charge on any atom is -0.491 e. The quantitative estimate of drug-likeness (QED) is 0.661. The summed E-state index contributed by atoms with van der Waals surface area (Å²) in [6.45, 7) is 1.95. The number of imide groups is 1. The summed E-state index contributed by atoms with van der Waals surface area (Å²) in [5.74, 6) is 0.134. The van der Waals surface area contributed by atoms with E-state index in [-0.39, 0.29) is 48.6 Å².